The van der Waals surface area contributed by atoms with Crippen molar-refractivity contribution in [2.45, 2.75) is 6.92 Å². The van der Waals surface area contributed by atoms with Crippen LogP contribution < -0.4 is 5.73 Å². The van der Waals surface area contributed by atoms with Gasteiger partial charge in [0.25, 0.3) is 0 Å². The Morgan fingerprint density at radius 3 is 2.58 bits per heavy atom. The summed E-state index contributed by atoms with van der Waals surface area (Å²) in [6.07, 6.45) is 3.84. The maximum atomic E-state index is 5.67. The van der Waals surface area contributed by atoms with Crippen LogP contribution in [0.5, 0.6) is 0 Å². The van der Waals surface area contributed by atoms with Gasteiger partial charge in [0.05, 0.1) is 11.9 Å². The number of aryl methyl sites for hydroxylation is 1. The van der Waals surface area contributed by atoms with Gasteiger partial charge in [0.1, 0.15) is 5.82 Å². The van der Waals surface area contributed by atoms with Crippen LogP contribution in [-0.4, -0.2) is 14.8 Å². The average molecular weight is 250 g/mol. The van der Waals surface area contributed by atoms with E-state index in [0.29, 0.717) is 5.82 Å². The average Bonchev–Trinajstić information content (AvgIpc) is 2.89. The van der Waals surface area contributed by atoms with Crippen molar-refractivity contribution in [3.63, 3.8) is 0 Å². The van der Waals surface area contributed by atoms with Gasteiger partial charge in [-0.15, -0.1) is 0 Å². The Bertz CT molecular complexity index is 701. The Balaban J connectivity index is 2.02. The van der Waals surface area contributed by atoms with E-state index in [1.807, 2.05) is 66.5 Å². The summed E-state index contributed by atoms with van der Waals surface area (Å²) in [5.74, 6) is 0.539. The van der Waals surface area contributed by atoms with Gasteiger partial charge < -0.3 is 5.73 Å². The first kappa shape index (κ1) is 11.5. The second-order valence-corrected chi connectivity index (χ2v) is 4.38. The fourth-order valence-electron chi connectivity index (χ4n) is 2.07. The molecule has 4 nitrogen and oxygen atoms in total. The highest BCUT2D eigenvalue weighted by Gasteiger charge is 2.07. The number of benzene rings is 1. The molecule has 0 spiro atoms. The lowest BCUT2D eigenvalue weighted by Crippen LogP contribution is -1.94. The van der Waals surface area contributed by atoms with Crippen molar-refractivity contribution in [3.8, 4) is 16.8 Å². The van der Waals surface area contributed by atoms with Crippen molar-refractivity contribution in [2.24, 2.45) is 0 Å². The molecule has 0 bridgehead atoms. The van der Waals surface area contributed by atoms with Crippen LogP contribution in [-0.2, 0) is 0 Å². The molecule has 1 aromatic carbocycles. The van der Waals surface area contributed by atoms with Gasteiger partial charge in [0.2, 0.25) is 0 Å². The topological polar surface area (TPSA) is 56.7 Å². The van der Waals surface area contributed by atoms with Crippen molar-refractivity contribution in [1.82, 2.24) is 14.8 Å². The number of nitrogen functional groups attached to an aromatic ring is 1. The SMILES string of the molecule is Cc1nc(N)ccc1-c1cnn(-c2ccccc2)c1. The highest BCUT2D eigenvalue weighted by atomic mass is 15.3. The van der Waals surface area contributed by atoms with Gasteiger partial charge in [-0.25, -0.2) is 9.67 Å². The van der Waals surface area contributed by atoms with Crippen LogP contribution in [0.1, 0.15) is 5.69 Å². The molecular weight excluding hydrogens is 236 g/mol. The number of hydrogen-bond donors (Lipinski definition) is 1. The highest BCUT2D eigenvalue weighted by Crippen LogP contribution is 2.23. The summed E-state index contributed by atoms with van der Waals surface area (Å²) in [6.45, 7) is 1.95. The minimum atomic E-state index is 0.539. The number of anilines is 1. The summed E-state index contributed by atoms with van der Waals surface area (Å²) in [4.78, 5) is 4.27. The zero-order chi connectivity index (χ0) is 13.2. The molecule has 0 radical (unpaired) electrons. The lowest BCUT2D eigenvalue weighted by molar-refractivity contribution is 0.881. The van der Waals surface area contributed by atoms with Crippen LogP contribution in [0, 0.1) is 6.92 Å². The van der Waals surface area contributed by atoms with Crippen molar-refractivity contribution < 1.29 is 0 Å². The molecule has 2 heterocycles. The van der Waals surface area contributed by atoms with Crippen LogP contribution >= 0.6 is 0 Å². The summed E-state index contributed by atoms with van der Waals surface area (Å²) in [5.41, 5.74) is 9.70. The summed E-state index contributed by atoms with van der Waals surface area (Å²) < 4.78 is 1.85. The van der Waals surface area contributed by atoms with Crippen molar-refractivity contribution >= 4 is 5.82 Å². The predicted octanol–water partition coefficient (Wildman–Crippen LogP) is 2.82. The molecule has 3 rings (SSSR count). The largest absolute Gasteiger partial charge is 0.384 e. The molecule has 0 saturated carbocycles. The number of para-hydroxylation sites is 1. The number of nitrogens with two attached hydrogens (primary N) is 1. The lowest BCUT2D eigenvalue weighted by atomic mass is 10.1. The van der Waals surface area contributed by atoms with E-state index in [0.717, 1.165) is 22.5 Å². The van der Waals surface area contributed by atoms with Crippen molar-refractivity contribution in [1.29, 1.82) is 0 Å². The van der Waals surface area contributed by atoms with Crippen molar-refractivity contribution in [3.05, 3.63) is 60.6 Å². The van der Waals surface area contributed by atoms with Gasteiger partial charge in [-0.05, 0) is 31.2 Å². The summed E-state index contributed by atoms with van der Waals surface area (Å²) in [7, 11) is 0. The Hall–Kier alpha value is -2.62. The van der Waals surface area contributed by atoms with Gasteiger partial charge in [-0.1, -0.05) is 18.2 Å². The normalized spacial score (nSPS) is 10.6. The Morgan fingerprint density at radius 2 is 1.84 bits per heavy atom. The standard InChI is InChI=1S/C15H14N4/c1-11-14(7-8-15(16)18-11)12-9-17-19(10-12)13-5-3-2-4-6-13/h2-10H,1H3,(H2,16,18). The smallest absolute Gasteiger partial charge is 0.123 e. The fourth-order valence-corrected chi connectivity index (χ4v) is 2.07. The maximum absolute atomic E-state index is 5.67. The number of nitrogens with zero attached hydrogens (tertiary/aromatic N) is 3. The van der Waals surface area contributed by atoms with Crippen molar-refractivity contribution in [2.75, 3.05) is 5.73 Å². The first-order valence-corrected chi connectivity index (χ1v) is 6.07. The molecule has 0 fully saturated rings. The predicted molar refractivity (Wildman–Crippen MR) is 75.9 cm³/mol. The molecule has 0 atom stereocenters. The second kappa shape index (κ2) is 4.57. The van der Waals surface area contributed by atoms with E-state index in [2.05, 4.69) is 10.1 Å². The molecule has 3 aromatic rings. The molecule has 94 valence electrons. The molecule has 2 aromatic heterocycles. The molecule has 0 aliphatic heterocycles. The Labute approximate surface area is 111 Å². The third kappa shape index (κ3) is 2.20. The van der Waals surface area contributed by atoms with Crippen LogP contribution in [0.4, 0.5) is 5.82 Å². The first-order chi connectivity index (χ1) is 9.24. The molecule has 0 aliphatic rings. The molecular formula is C15H14N4. The van der Waals surface area contributed by atoms with E-state index in [1.165, 1.54) is 0 Å². The number of pyridine rings is 1. The van der Waals surface area contributed by atoms with Gasteiger partial charge in [-0.2, -0.15) is 5.10 Å². The second-order valence-electron chi connectivity index (χ2n) is 4.38. The van der Waals surface area contributed by atoms with Crippen LogP contribution in [0.25, 0.3) is 16.8 Å². The van der Waals surface area contributed by atoms with Gasteiger partial charge >= 0.3 is 0 Å². The van der Waals surface area contributed by atoms with Crippen LogP contribution in [0.3, 0.4) is 0 Å². The quantitative estimate of drug-likeness (QED) is 0.760. The number of aromatic nitrogens is 3. The van der Waals surface area contributed by atoms with E-state index in [-0.39, 0.29) is 0 Å². The van der Waals surface area contributed by atoms with E-state index in [9.17, 15) is 0 Å². The molecule has 0 aliphatic carbocycles. The maximum Gasteiger partial charge on any atom is 0.123 e. The Morgan fingerprint density at radius 1 is 1.05 bits per heavy atom. The fraction of sp³-hybridized carbons (Fsp3) is 0.0667. The molecule has 4 heteroatoms. The number of rotatable bonds is 2. The summed E-state index contributed by atoms with van der Waals surface area (Å²) >= 11 is 0. The monoisotopic (exact) mass is 250 g/mol. The highest BCUT2D eigenvalue weighted by molar-refractivity contribution is 5.65. The Kier molecular flexibility index (Phi) is 2.76. The van der Waals surface area contributed by atoms with Gasteiger partial charge in [0.15, 0.2) is 0 Å². The lowest BCUT2D eigenvalue weighted by Gasteiger charge is -2.03. The minimum Gasteiger partial charge on any atom is -0.384 e. The van der Waals surface area contributed by atoms with Gasteiger partial charge in [-0.3, -0.25) is 0 Å². The molecule has 0 saturated heterocycles. The number of hydrogen-bond acceptors (Lipinski definition) is 3. The van der Waals surface area contributed by atoms with E-state index in [1.54, 1.807) is 0 Å². The van der Waals surface area contributed by atoms with Gasteiger partial charge in [0, 0.05) is 23.0 Å². The molecule has 0 unspecified atom stereocenters. The molecule has 2 N–H and O–H groups in total. The zero-order valence-corrected chi connectivity index (χ0v) is 10.6. The summed E-state index contributed by atoms with van der Waals surface area (Å²) in [6, 6.07) is 13.8. The van der Waals surface area contributed by atoms with E-state index < -0.39 is 0 Å². The first-order valence-electron chi connectivity index (χ1n) is 6.07. The van der Waals surface area contributed by atoms with Crippen LogP contribution in [0.15, 0.2) is 54.9 Å². The third-order valence-electron chi connectivity index (χ3n) is 3.02. The minimum absolute atomic E-state index is 0.539. The van der Waals surface area contributed by atoms with E-state index in [4.69, 9.17) is 5.73 Å². The molecule has 19 heavy (non-hydrogen) atoms. The third-order valence-corrected chi connectivity index (χ3v) is 3.02. The molecule has 0 amide bonds. The van der Waals surface area contributed by atoms with E-state index >= 15 is 0 Å². The zero-order valence-electron chi connectivity index (χ0n) is 10.6. The summed E-state index contributed by atoms with van der Waals surface area (Å²) in [5, 5.41) is 4.38. The van der Waals surface area contributed by atoms with Crippen LogP contribution in [0.2, 0.25) is 0 Å².